The standard InChI is InChI=1S/C25H30N4O3/c1-5-31-22-13-17(10-9-16(22)2)14-23-27-25(28-32-23)20-8-6-7-19-18(20)11-12-21(19)26-15-24(30)29(3)4/h6-10,13,21,26H,5,11-12,14-15H2,1-4H3/t21-/m0/s1. The molecule has 7 nitrogen and oxygen atoms in total. The van der Waals surface area contributed by atoms with E-state index in [0.29, 0.717) is 31.3 Å². The van der Waals surface area contributed by atoms with Crippen LogP contribution in [0.2, 0.25) is 0 Å². The van der Waals surface area contributed by atoms with Crippen molar-refractivity contribution < 1.29 is 14.1 Å². The van der Waals surface area contributed by atoms with E-state index in [1.54, 1.807) is 19.0 Å². The molecule has 0 radical (unpaired) electrons. The lowest BCUT2D eigenvalue weighted by Crippen LogP contribution is -2.34. The maximum Gasteiger partial charge on any atom is 0.236 e. The molecule has 1 amide bonds. The summed E-state index contributed by atoms with van der Waals surface area (Å²) in [5, 5.41) is 7.65. The molecule has 1 aliphatic carbocycles. The Labute approximate surface area is 188 Å². The fraction of sp³-hybridized carbons (Fsp3) is 0.400. The van der Waals surface area contributed by atoms with Crippen LogP contribution in [0.1, 0.15) is 47.5 Å². The second kappa shape index (κ2) is 9.53. The van der Waals surface area contributed by atoms with E-state index in [4.69, 9.17) is 9.26 Å². The largest absolute Gasteiger partial charge is 0.494 e. The number of amides is 1. The van der Waals surface area contributed by atoms with Crippen molar-refractivity contribution in [2.75, 3.05) is 27.2 Å². The fourth-order valence-corrected chi connectivity index (χ4v) is 4.12. The molecule has 0 fully saturated rings. The Kier molecular flexibility index (Phi) is 6.55. The molecule has 0 spiro atoms. The average molecular weight is 435 g/mol. The zero-order chi connectivity index (χ0) is 22.7. The fourth-order valence-electron chi connectivity index (χ4n) is 4.12. The van der Waals surface area contributed by atoms with Gasteiger partial charge in [0.1, 0.15) is 5.75 Å². The minimum Gasteiger partial charge on any atom is -0.494 e. The highest BCUT2D eigenvalue weighted by Crippen LogP contribution is 2.37. The zero-order valence-electron chi connectivity index (χ0n) is 19.1. The Balaban J connectivity index is 1.51. The summed E-state index contributed by atoms with van der Waals surface area (Å²) >= 11 is 0. The van der Waals surface area contributed by atoms with Gasteiger partial charge in [-0.15, -0.1) is 0 Å². The molecule has 0 saturated carbocycles. The summed E-state index contributed by atoms with van der Waals surface area (Å²) in [5.74, 6) is 2.14. The number of hydrogen-bond acceptors (Lipinski definition) is 6. The van der Waals surface area contributed by atoms with Gasteiger partial charge in [-0.05, 0) is 55.0 Å². The molecule has 0 aliphatic heterocycles. The average Bonchev–Trinajstić information content (AvgIpc) is 3.41. The van der Waals surface area contributed by atoms with E-state index in [1.165, 1.54) is 11.1 Å². The number of nitrogens with one attached hydrogen (secondary N) is 1. The van der Waals surface area contributed by atoms with Crippen molar-refractivity contribution in [3.05, 3.63) is 64.5 Å². The molecule has 1 heterocycles. The van der Waals surface area contributed by atoms with Gasteiger partial charge < -0.3 is 19.5 Å². The van der Waals surface area contributed by atoms with Crippen LogP contribution in [0.4, 0.5) is 0 Å². The molecular formula is C25H30N4O3. The van der Waals surface area contributed by atoms with Crippen LogP contribution in [0, 0.1) is 6.92 Å². The van der Waals surface area contributed by atoms with Gasteiger partial charge in [-0.25, -0.2) is 0 Å². The second-order valence-electron chi connectivity index (χ2n) is 8.36. The third kappa shape index (κ3) is 4.67. The highest BCUT2D eigenvalue weighted by molar-refractivity contribution is 5.77. The first-order valence-corrected chi connectivity index (χ1v) is 11.1. The second-order valence-corrected chi connectivity index (χ2v) is 8.36. The number of hydrogen-bond donors (Lipinski definition) is 1. The summed E-state index contributed by atoms with van der Waals surface area (Å²) in [7, 11) is 3.54. The van der Waals surface area contributed by atoms with Crippen molar-refractivity contribution in [1.29, 1.82) is 0 Å². The molecule has 2 aromatic carbocycles. The van der Waals surface area contributed by atoms with Crippen molar-refractivity contribution in [3.63, 3.8) is 0 Å². The topological polar surface area (TPSA) is 80.5 Å². The maximum absolute atomic E-state index is 12.0. The van der Waals surface area contributed by atoms with E-state index in [9.17, 15) is 4.79 Å². The van der Waals surface area contributed by atoms with Crippen molar-refractivity contribution >= 4 is 5.91 Å². The predicted octanol–water partition coefficient (Wildman–Crippen LogP) is 3.70. The Hall–Kier alpha value is -3.19. The van der Waals surface area contributed by atoms with Crippen LogP contribution >= 0.6 is 0 Å². The quantitative estimate of drug-likeness (QED) is 0.582. The molecule has 1 atom stereocenters. The molecule has 4 rings (SSSR count). The Morgan fingerprint density at radius 2 is 2.12 bits per heavy atom. The lowest BCUT2D eigenvalue weighted by molar-refractivity contribution is -0.127. The first-order valence-electron chi connectivity index (χ1n) is 11.1. The Morgan fingerprint density at radius 3 is 2.91 bits per heavy atom. The molecule has 32 heavy (non-hydrogen) atoms. The Morgan fingerprint density at radius 1 is 1.28 bits per heavy atom. The van der Waals surface area contributed by atoms with Crippen molar-refractivity contribution in [3.8, 4) is 17.1 Å². The van der Waals surface area contributed by atoms with E-state index in [1.807, 2.05) is 32.0 Å². The summed E-state index contributed by atoms with van der Waals surface area (Å²) in [6.07, 6.45) is 2.42. The van der Waals surface area contributed by atoms with Crippen LogP contribution in [-0.4, -0.2) is 48.2 Å². The van der Waals surface area contributed by atoms with Gasteiger partial charge in [0, 0.05) is 25.7 Å². The van der Waals surface area contributed by atoms with Gasteiger partial charge in [0.05, 0.1) is 19.6 Å². The number of carbonyl (C=O) groups is 1. The van der Waals surface area contributed by atoms with Crippen LogP contribution in [0.5, 0.6) is 5.75 Å². The summed E-state index contributed by atoms with van der Waals surface area (Å²) in [6.45, 7) is 4.98. The van der Waals surface area contributed by atoms with Gasteiger partial charge in [0.25, 0.3) is 0 Å². The monoisotopic (exact) mass is 434 g/mol. The zero-order valence-corrected chi connectivity index (χ0v) is 19.1. The van der Waals surface area contributed by atoms with Gasteiger partial charge in [-0.3, -0.25) is 4.79 Å². The molecule has 1 N–H and O–H groups in total. The lowest BCUT2D eigenvalue weighted by atomic mass is 10.0. The maximum atomic E-state index is 12.0. The number of fused-ring (bicyclic) bond motifs is 1. The number of aryl methyl sites for hydroxylation is 1. The van der Waals surface area contributed by atoms with Crippen LogP contribution in [-0.2, 0) is 17.6 Å². The van der Waals surface area contributed by atoms with Crippen LogP contribution < -0.4 is 10.1 Å². The smallest absolute Gasteiger partial charge is 0.236 e. The van der Waals surface area contributed by atoms with Gasteiger partial charge in [0.15, 0.2) is 0 Å². The molecule has 7 heteroatoms. The first kappa shape index (κ1) is 22.0. The first-order chi connectivity index (χ1) is 15.5. The molecule has 0 saturated heterocycles. The highest BCUT2D eigenvalue weighted by atomic mass is 16.5. The normalized spacial score (nSPS) is 14.9. The summed E-state index contributed by atoms with van der Waals surface area (Å²) in [5.41, 5.74) is 5.61. The van der Waals surface area contributed by atoms with Gasteiger partial charge in [-0.1, -0.05) is 35.5 Å². The SMILES string of the molecule is CCOc1cc(Cc2nc(-c3cccc4c3CC[C@@H]4NCC(=O)N(C)C)no2)ccc1C. The number of nitrogens with zero attached hydrogens (tertiary/aromatic N) is 3. The summed E-state index contributed by atoms with van der Waals surface area (Å²) in [4.78, 5) is 18.2. The lowest BCUT2D eigenvalue weighted by Gasteiger charge is -2.16. The number of carbonyl (C=O) groups excluding carboxylic acids is 1. The summed E-state index contributed by atoms with van der Waals surface area (Å²) in [6, 6.07) is 12.5. The number of rotatable bonds is 8. The van der Waals surface area contributed by atoms with Crippen molar-refractivity contribution in [1.82, 2.24) is 20.4 Å². The number of benzene rings is 2. The Bertz CT molecular complexity index is 1110. The third-order valence-corrected chi connectivity index (χ3v) is 5.89. The minimum absolute atomic E-state index is 0.0704. The van der Waals surface area contributed by atoms with Gasteiger partial charge in [-0.2, -0.15) is 4.98 Å². The molecule has 1 aliphatic rings. The van der Waals surface area contributed by atoms with Gasteiger partial charge >= 0.3 is 0 Å². The number of ether oxygens (including phenoxy) is 1. The molecule has 3 aromatic rings. The molecular weight excluding hydrogens is 404 g/mol. The molecule has 0 unspecified atom stereocenters. The van der Waals surface area contributed by atoms with E-state index < -0.39 is 0 Å². The third-order valence-electron chi connectivity index (χ3n) is 5.89. The van der Waals surface area contributed by atoms with Crippen LogP contribution in [0.25, 0.3) is 11.4 Å². The van der Waals surface area contributed by atoms with Crippen LogP contribution in [0.15, 0.2) is 40.9 Å². The predicted molar refractivity (Wildman–Crippen MR) is 123 cm³/mol. The van der Waals surface area contributed by atoms with Gasteiger partial charge in [0.2, 0.25) is 17.6 Å². The van der Waals surface area contributed by atoms with E-state index >= 15 is 0 Å². The molecule has 0 bridgehead atoms. The van der Waals surface area contributed by atoms with Crippen molar-refractivity contribution in [2.45, 2.75) is 39.2 Å². The van der Waals surface area contributed by atoms with E-state index in [0.717, 1.165) is 35.3 Å². The van der Waals surface area contributed by atoms with E-state index in [2.05, 4.69) is 33.7 Å². The van der Waals surface area contributed by atoms with Crippen LogP contribution in [0.3, 0.4) is 0 Å². The molecule has 1 aromatic heterocycles. The minimum atomic E-state index is 0.0704. The molecule has 168 valence electrons. The number of likely N-dealkylation sites (N-methyl/N-ethyl adjacent to an activating group) is 1. The number of aromatic nitrogens is 2. The van der Waals surface area contributed by atoms with Crippen molar-refractivity contribution in [2.24, 2.45) is 0 Å². The van der Waals surface area contributed by atoms with E-state index in [-0.39, 0.29) is 11.9 Å². The highest BCUT2D eigenvalue weighted by Gasteiger charge is 2.26. The summed E-state index contributed by atoms with van der Waals surface area (Å²) < 4.78 is 11.3.